The lowest BCUT2D eigenvalue weighted by Crippen LogP contribution is -1.92. The van der Waals surface area contributed by atoms with Crippen LogP contribution >= 0.6 is 0 Å². The van der Waals surface area contributed by atoms with E-state index in [1.807, 2.05) is 54.6 Å². The lowest BCUT2D eigenvalue weighted by atomic mass is 10.0. The molecule has 0 N–H and O–H groups in total. The van der Waals surface area contributed by atoms with Crippen molar-refractivity contribution in [2.24, 2.45) is 0 Å². The van der Waals surface area contributed by atoms with Crippen molar-refractivity contribution in [3.63, 3.8) is 0 Å². The number of ether oxygens (including phenoxy) is 3. The fraction of sp³-hybridized carbons (Fsp3) is 0.0667. The molecule has 7 rings (SSSR count). The minimum atomic E-state index is 0.606. The van der Waals surface area contributed by atoms with E-state index < -0.39 is 0 Å². The van der Waals surface area contributed by atoms with Crippen LogP contribution in [0.2, 0.25) is 0 Å². The Kier molecular flexibility index (Phi) is 8.76. The molecule has 3 nitrogen and oxygen atoms in total. The van der Waals surface area contributed by atoms with Crippen molar-refractivity contribution in [3.8, 4) is 67.9 Å². The molecule has 7 aromatic rings. The van der Waals surface area contributed by atoms with E-state index in [0.29, 0.717) is 17.2 Å². The normalized spacial score (nSPS) is 10.8. The van der Waals surface area contributed by atoms with Crippen LogP contribution in [0.4, 0.5) is 0 Å². The van der Waals surface area contributed by atoms with E-state index in [9.17, 15) is 0 Å². The number of hydrogen-bond acceptors (Lipinski definition) is 3. The molecule has 234 valence electrons. The van der Waals surface area contributed by atoms with Crippen LogP contribution in [0, 0.1) is 20.8 Å². The number of hydrogen-bond donors (Lipinski definition) is 0. The predicted molar refractivity (Wildman–Crippen MR) is 197 cm³/mol. The highest BCUT2D eigenvalue weighted by molar-refractivity contribution is 5.70. The first-order chi connectivity index (χ1) is 23.5. The van der Waals surface area contributed by atoms with E-state index in [0.717, 1.165) is 33.9 Å². The molecule has 0 aliphatic rings. The third kappa shape index (κ3) is 7.01. The van der Waals surface area contributed by atoms with Gasteiger partial charge in [0.15, 0.2) is 0 Å². The molecule has 0 heterocycles. The molecule has 0 aromatic heterocycles. The van der Waals surface area contributed by atoms with E-state index in [2.05, 4.69) is 130 Å². The molecule has 48 heavy (non-hydrogen) atoms. The first kappa shape index (κ1) is 30.6. The van der Waals surface area contributed by atoms with Crippen LogP contribution < -0.4 is 14.2 Å². The molecule has 0 aliphatic carbocycles. The van der Waals surface area contributed by atoms with Gasteiger partial charge in [0.2, 0.25) is 0 Å². The Morgan fingerprint density at radius 3 is 0.854 bits per heavy atom. The minimum absolute atomic E-state index is 0.606. The quantitative estimate of drug-likeness (QED) is 0.160. The van der Waals surface area contributed by atoms with Gasteiger partial charge in [-0.15, -0.1) is 0 Å². The molecule has 0 amide bonds. The molecule has 0 saturated carbocycles. The van der Waals surface area contributed by atoms with E-state index in [1.54, 1.807) is 0 Å². The Labute approximate surface area is 282 Å². The summed E-state index contributed by atoms with van der Waals surface area (Å²) in [5.41, 5.74) is 10.4. The lowest BCUT2D eigenvalue weighted by Gasteiger charge is -2.15. The van der Waals surface area contributed by atoms with Crippen molar-refractivity contribution < 1.29 is 14.2 Å². The average molecular weight is 625 g/mol. The third-order valence-corrected chi connectivity index (χ3v) is 8.43. The van der Waals surface area contributed by atoms with E-state index in [4.69, 9.17) is 14.2 Å². The molecule has 0 bridgehead atoms. The monoisotopic (exact) mass is 624 g/mol. The van der Waals surface area contributed by atoms with E-state index in [1.165, 1.54) is 33.4 Å². The molecular formula is C45H36O3. The zero-order valence-corrected chi connectivity index (χ0v) is 27.3. The summed E-state index contributed by atoms with van der Waals surface area (Å²) in [5, 5.41) is 0. The van der Waals surface area contributed by atoms with Gasteiger partial charge in [0.1, 0.15) is 34.5 Å². The van der Waals surface area contributed by atoms with Gasteiger partial charge in [0, 0.05) is 18.2 Å². The van der Waals surface area contributed by atoms with Crippen molar-refractivity contribution in [1.29, 1.82) is 0 Å². The van der Waals surface area contributed by atoms with Crippen molar-refractivity contribution in [1.82, 2.24) is 0 Å². The first-order valence-corrected chi connectivity index (χ1v) is 16.2. The topological polar surface area (TPSA) is 27.7 Å². The van der Waals surface area contributed by atoms with Crippen LogP contribution in [0.3, 0.4) is 0 Å². The summed E-state index contributed by atoms with van der Waals surface area (Å²) in [5.74, 6) is 3.99. The van der Waals surface area contributed by atoms with Crippen molar-refractivity contribution in [3.05, 3.63) is 180 Å². The van der Waals surface area contributed by atoms with Gasteiger partial charge >= 0.3 is 0 Å². The summed E-state index contributed by atoms with van der Waals surface area (Å²) in [6, 6.07) is 55.2. The average Bonchev–Trinajstić information content (AvgIpc) is 3.09. The molecule has 0 spiro atoms. The summed E-state index contributed by atoms with van der Waals surface area (Å²) in [4.78, 5) is 0. The molecule has 3 heteroatoms. The molecule has 0 radical (unpaired) electrons. The van der Waals surface area contributed by atoms with Gasteiger partial charge in [-0.3, -0.25) is 0 Å². The Morgan fingerprint density at radius 1 is 0.271 bits per heavy atom. The van der Waals surface area contributed by atoms with E-state index >= 15 is 0 Å². The second kappa shape index (κ2) is 13.7. The SMILES string of the molecule is Cc1ccccc1-c1cccc(Oc2cc(Oc3cccc(-c4ccccc4C)c3)cc(Oc3cccc(-c4ccccc4C)c3)c2)c1. The highest BCUT2D eigenvalue weighted by atomic mass is 16.5. The van der Waals surface area contributed by atoms with Gasteiger partial charge in [-0.1, -0.05) is 109 Å². The predicted octanol–water partition coefficient (Wildman–Crippen LogP) is 13.0. The largest absolute Gasteiger partial charge is 0.457 e. The van der Waals surface area contributed by atoms with Crippen molar-refractivity contribution in [2.75, 3.05) is 0 Å². The second-order valence-electron chi connectivity index (χ2n) is 12.0. The number of rotatable bonds is 9. The molecule has 0 aliphatic heterocycles. The van der Waals surface area contributed by atoms with Gasteiger partial charge in [-0.2, -0.15) is 0 Å². The van der Waals surface area contributed by atoms with Gasteiger partial charge in [0.25, 0.3) is 0 Å². The van der Waals surface area contributed by atoms with Crippen molar-refractivity contribution >= 4 is 0 Å². The Morgan fingerprint density at radius 2 is 0.562 bits per heavy atom. The van der Waals surface area contributed by atoms with Crippen LogP contribution in [0.25, 0.3) is 33.4 Å². The first-order valence-electron chi connectivity index (χ1n) is 16.2. The summed E-state index contributed by atoms with van der Waals surface area (Å²) in [6.45, 7) is 6.36. The van der Waals surface area contributed by atoms with Crippen molar-refractivity contribution in [2.45, 2.75) is 20.8 Å². The Bertz CT molecular complexity index is 1950. The maximum absolute atomic E-state index is 6.49. The maximum Gasteiger partial charge on any atom is 0.134 e. The van der Waals surface area contributed by atoms with Gasteiger partial charge < -0.3 is 14.2 Å². The zero-order chi connectivity index (χ0) is 32.9. The fourth-order valence-corrected chi connectivity index (χ4v) is 6.00. The summed E-state index contributed by atoms with van der Waals surface area (Å²) in [6.07, 6.45) is 0. The highest BCUT2D eigenvalue weighted by Gasteiger charge is 2.12. The Hall–Kier alpha value is -6.06. The van der Waals surface area contributed by atoms with Crippen LogP contribution in [0.5, 0.6) is 34.5 Å². The summed E-state index contributed by atoms with van der Waals surface area (Å²) in [7, 11) is 0. The minimum Gasteiger partial charge on any atom is -0.457 e. The molecule has 0 unspecified atom stereocenters. The number of aryl methyl sites for hydroxylation is 3. The standard InChI is InChI=1S/C45H36O3/c1-31-13-4-7-22-43(31)34-16-10-19-37(25-34)46-40-28-41(47-38-20-11-17-35(26-38)44-23-8-5-14-32(44)2)30-42(29-40)48-39-21-12-18-36(27-39)45-24-9-6-15-33(45)3/h4-30H,1-3H3. The van der Waals surface area contributed by atoms with Crippen LogP contribution in [-0.4, -0.2) is 0 Å². The van der Waals surface area contributed by atoms with Gasteiger partial charge in [0.05, 0.1) is 0 Å². The van der Waals surface area contributed by atoms with Gasteiger partial charge in [-0.05, 0) is 107 Å². The summed E-state index contributed by atoms with van der Waals surface area (Å²) < 4.78 is 19.5. The number of benzene rings is 7. The maximum atomic E-state index is 6.49. The molecular weight excluding hydrogens is 588 g/mol. The zero-order valence-electron chi connectivity index (χ0n) is 27.3. The highest BCUT2D eigenvalue weighted by Crippen LogP contribution is 2.38. The molecule has 0 atom stereocenters. The third-order valence-electron chi connectivity index (χ3n) is 8.43. The summed E-state index contributed by atoms with van der Waals surface area (Å²) >= 11 is 0. The lowest BCUT2D eigenvalue weighted by molar-refractivity contribution is 0.440. The fourth-order valence-electron chi connectivity index (χ4n) is 6.00. The van der Waals surface area contributed by atoms with Gasteiger partial charge in [-0.25, -0.2) is 0 Å². The molecule has 0 fully saturated rings. The molecule has 7 aromatic carbocycles. The van der Waals surface area contributed by atoms with E-state index in [-0.39, 0.29) is 0 Å². The smallest absolute Gasteiger partial charge is 0.134 e. The second-order valence-corrected chi connectivity index (χ2v) is 12.0. The molecule has 0 saturated heterocycles. The van der Waals surface area contributed by atoms with Crippen LogP contribution in [0.15, 0.2) is 164 Å². The van der Waals surface area contributed by atoms with Crippen LogP contribution in [0.1, 0.15) is 16.7 Å². The van der Waals surface area contributed by atoms with Crippen LogP contribution in [-0.2, 0) is 0 Å². The Balaban J connectivity index is 1.23.